The SMILES string of the molecule is [O-][n+]1onc2cccc(CO)c21. The number of aliphatic hydroxyl groups is 1. The average Bonchev–Trinajstić information content (AvgIpc) is 2.48. The van der Waals surface area contributed by atoms with Crippen LogP contribution in [0.15, 0.2) is 22.8 Å². The molecule has 12 heavy (non-hydrogen) atoms. The van der Waals surface area contributed by atoms with E-state index in [1.807, 2.05) is 0 Å². The molecule has 0 saturated heterocycles. The zero-order valence-corrected chi connectivity index (χ0v) is 6.10. The highest BCUT2D eigenvalue weighted by Crippen LogP contribution is 2.12. The largest absolute Gasteiger partial charge is 0.392 e. The molecular weight excluding hydrogens is 160 g/mol. The van der Waals surface area contributed by atoms with Gasteiger partial charge in [0.1, 0.15) is 0 Å². The molecule has 5 nitrogen and oxygen atoms in total. The van der Waals surface area contributed by atoms with E-state index in [0.29, 0.717) is 21.5 Å². The lowest BCUT2D eigenvalue weighted by Crippen LogP contribution is -2.23. The van der Waals surface area contributed by atoms with E-state index in [2.05, 4.69) is 9.79 Å². The van der Waals surface area contributed by atoms with Gasteiger partial charge in [0.05, 0.1) is 6.61 Å². The van der Waals surface area contributed by atoms with Crippen LogP contribution >= 0.6 is 0 Å². The summed E-state index contributed by atoms with van der Waals surface area (Å²) in [6.45, 7) is -0.194. The maximum Gasteiger partial charge on any atom is 0.248 e. The molecule has 1 N–H and O–H groups in total. The number of hydrogen-bond acceptors (Lipinski definition) is 4. The number of benzene rings is 1. The number of aliphatic hydroxyl groups excluding tert-OH is 1. The van der Waals surface area contributed by atoms with Crippen molar-refractivity contribution in [1.82, 2.24) is 5.16 Å². The highest BCUT2D eigenvalue weighted by atomic mass is 16.8. The first kappa shape index (κ1) is 7.05. The Morgan fingerprint density at radius 1 is 1.58 bits per heavy atom. The Hall–Kier alpha value is -1.62. The molecule has 0 atom stereocenters. The van der Waals surface area contributed by atoms with Gasteiger partial charge >= 0.3 is 0 Å². The van der Waals surface area contributed by atoms with Crippen LogP contribution < -0.4 is 4.90 Å². The minimum atomic E-state index is -0.194. The predicted molar refractivity (Wildman–Crippen MR) is 38.9 cm³/mol. The topological polar surface area (TPSA) is 73.2 Å². The fourth-order valence-electron chi connectivity index (χ4n) is 1.11. The third-order valence-corrected chi connectivity index (χ3v) is 1.66. The predicted octanol–water partition coefficient (Wildman–Crippen LogP) is -0.0465. The van der Waals surface area contributed by atoms with Crippen molar-refractivity contribution in [2.24, 2.45) is 0 Å². The molecule has 0 bridgehead atoms. The number of para-hydroxylation sites is 1. The van der Waals surface area contributed by atoms with Crippen LogP contribution in [0.4, 0.5) is 0 Å². The Morgan fingerprint density at radius 2 is 2.42 bits per heavy atom. The maximum atomic E-state index is 10.9. The summed E-state index contributed by atoms with van der Waals surface area (Å²) in [4.78, 5) is 0.293. The van der Waals surface area contributed by atoms with Crippen molar-refractivity contribution in [1.29, 1.82) is 0 Å². The van der Waals surface area contributed by atoms with Crippen molar-refractivity contribution < 1.29 is 14.6 Å². The summed E-state index contributed by atoms with van der Waals surface area (Å²) in [5.74, 6) is 0. The molecule has 0 saturated carbocycles. The smallest absolute Gasteiger partial charge is 0.248 e. The Labute approximate surface area is 67.4 Å². The van der Waals surface area contributed by atoms with Crippen LogP contribution in [-0.4, -0.2) is 10.3 Å². The van der Waals surface area contributed by atoms with Crippen LogP contribution in [0.1, 0.15) is 5.56 Å². The molecule has 5 heteroatoms. The van der Waals surface area contributed by atoms with E-state index in [-0.39, 0.29) is 6.61 Å². The van der Waals surface area contributed by atoms with Crippen molar-refractivity contribution in [3.05, 3.63) is 29.0 Å². The van der Waals surface area contributed by atoms with Crippen LogP contribution in [0.3, 0.4) is 0 Å². The first-order valence-electron chi connectivity index (χ1n) is 3.41. The Morgan fingerprint density at radius 3 is 3.17 bits per heavy atom. The van der Waals surface area contributed by atoms with Crippen molar-refractivity contribution in [2.75, 3.05) is 0 Å². The third kappa shape index (κ3) is 0.835. The molecule has 62 valence electrons. The Kier molecular flexibility index (Phi) is 1.44. The van der Waals surface area contributed by atoms with Gasteiger partial charge in [-0.2, -0.15) is 0 Å². The van der Waals surface area contributed by atoms with Gasteiger partial charge in [-0.15, -0.1) is 0 Å². The molecule has 0 radical (unpaired) electrons. The molecule has 1 aromatic carbocycles. The van der Waals surface area contributed by atoms with Gasteiger partial charge in [0.2, 0.25) is 11.0 Å². The normalized spacial score (nSPS) is 10.8. The van der Waals surface area contributed by atoms with E-state index in [1.54, 1.807) is 18.2 Å². The number of nitrogens with zero attached hydrogens (tertiary/aromatic N) is 2. The van der Waals surface area contributed by atoms with Crippen molar-refractivity contribution >= 4 is 11.0 Å². The monoisotopic (exact) mass is 166 g/mol. The summed E-state index contributed by atoms with van der Waals surface area (Å²) in [7, 11) is 0. The van der Waals surface area contributed by atoms with Crippen LogP contribution in [0.2, 0.25) is 0 Å². The first-order chi connectivity index (χ1) is 5.83. The van der Waals surface area contributed by atoms with Crippen molar-refractivity contribution in [2.45, 2.75) is 6.61 Å². The fraction of sp³-hybridized carbons (Fsp3) is 0.143. The van der Waals surface area contributed by atoms with Crippen LogP contribution in [0.25, 0.3) is 11.0 Å². The molecule has 0 spiro atoms. The standard InChI is InChI=1S/C7H6N2O3/c10-4-5-2-1-3-6-7(5)9(11)12-8-6/h1-3,10H,4H2. The van der Waals surface area contributed by atoms with Gasteiger partial charge < -0.3 is 10.3 Å². The van der Waals surface area contributed by atoms with Crippen molar-refractivity contribution in [3.8, 4) is 0 Å². The Balaban J connectivity index is 2.84. The minimum absolute atomic E-state index is 0.194. The first-order valence-corrected chi connectivity index (χ1v) is 3.41. The molecule has 0 unspecified atom stereocenters. The van der Waals surface area contributed by atoms with Gasteiger partial charge in [0.15, 0.2) is 0 Å². The minimum Gasteiger partial charge on any atom is -0.392 e. The summed E-state index contributed by atoms with van der Waals surface area (Å²) < 4.78 is 4.36. The number of hydrogen-bond donors (Lipinski definition) is 1. The molecular formula is C7H6N2O3. The lowest BCUT2D eigenvalue weighted by Gasteiger charge is -1.93. The zero-order chi connectivity index (χ0) is 8.55. The van der Waals surface area contributed by atoms with Gasteiger partial charge in [-0.3, -0.25) is 4.63 Å². The van der Waals surface area contributed by atoms with Crippen LogP contribution in [-0.2, 0) is 6.61 Å². The average molecular weight is 166 g/mol. The van der Waals surface area contributed by atoms with Crippen LogP contribution in [0, 0.1) is 5.21 Å². The molecule has 0 fully saturated rings. The molecule has 1 aromatic heterocycles. The summed E-state index contributed by atoms with van der Waals surface area (Å²) in [5.41, 5.74) is 1.26. The maximum absolute atomic E-state index is 10.9. The summed E-state index contributed by atoms with van der Waals surface area (Å²) >= 11 is 0. The summed E-state index contributed by atoms with van der Waals surface area (Å²) in [6, 6.07) is 5.00. The van der Waals surface area contributed by atoms with Gasteiger partial charge in [-0.1, -0.05) is 12.1 Å². The second kappa shape index (κ2) is 2.46. The third-order valence-electron chi connectivity index (χ3n) is 1.66. The lowest BCUT2D eigenvalue weighted by molar-refractivity contribution is -0.782. The molecule has 1 heterocycles. The van der Waals surface area contributed by atoms with Gasteiger partial charge in [-0.05, 0) is 11.0 Å². The number of rotatable bonds is 1. The highest BCUT2D eigenvalue weighted by Gasteiger charge is 2.12. The number of aromatic nitrogens is 2. The van der Waals surface area contributed by atoms with Gasteiger partial charge in [-0.25, -0.2) is 0 Å². The Bertz CT molecular complexity index is 410. The van der Waals surface area contributed by atoms with E-state index in [4.69, 9.17) is 5.11 Å². The zero-order valence-electron chi connectivity index (χ0n) is 6.10. The van der Waals surface area contributed by atoms with E-state index in [0.717, 1.165) is 0 Å². The van der Waals surface area contributed by atoms with Crippen molar-refractivity contribution in [3.63, 3.8) is 0 Å². The van der Waals surface area contributed by atoms with E-state index >= 15 is 0 Å². The molecule has 0 amide bonds. The second-order valence-electron chi connectivity index (χ2n) is 2.37. The summed E-state index contributed by atoms with van der Waals surface area (Å²) in [5, 5.41) is 23.3. The number of fused-ring (bicyclic) bond motifs is 1. The van der Waals surface area contributed by atoms with E-state index < -0.39 is 0 Å². The van der Waals surface area contributed by atoms with Crippen LogP contribution in [0.5, 0.6) is 0 Å². The van der Waals surface area contributed by atoms with Gasteiger partial charge in [0.25, 0.3) is 0 Å². The molecule has 0 aliphatic heterocycles. The van der Waals surface area contributed by atoms with E-state index in [1.165, 1.54) is 0 Å². The molecule has 0 aliphatic carbocycles. The quantitative estimate of drug-likeness (QED) is 0.603. The fourth-order valence-corrected chi connectivity index (χ4v) is 1.11. The highest BCUT2D eigenvalue weighted by molar-refractivity contribution is 5.73. The van der Waals surface area contributed by atoms with Gasteiger partial charge in [0, 0.05) is 10.7 Å². The second-order valence-corrected chi connectivity index (χ2v) is 2.37. The molecule has 2 rings (SSSR count). The molecule has 0 aliphatic rings. The lowest BCUT2D eigenvalue weighted by atomic mass is 10.2. The summed E-state index contributed by atoms with van der Waals surface area (Å²) in [6.07, 6.45) is 0. The molecule has 2 aromatic rings. The van der Waals surface area contributed by atoms with E-state index in [9.17, 15) is 5.21 Å².